The summed E-state index contributed by atoms with van der Waals surface area (Å²) in [6.45, 7) is 2.76. The van der Waals surface area contributed by atoms with Crippen LogP contribution in [0.1, 0.15) is 19.4 Å². The molecule has 5 nitrogen and oxygen atoms in total. The number of nitriles is 1. The van der Waals surface area contributed by atoms with Crippen molar-refractivity contribution in [1.29, 1.82) is 5.26 Å². The van der Waals surface area contributed by atoms with Gasteiger partial charge < -0.3 is 5.32 Å². The molecule has 1 aliphatic rings. The molecule has 1 N–H and O–H groups in total. The van der Waals surface area contributed by atoms with Crippen LogP contribution in [0.2, 0.25) is 0 Å². The first-order chi connectivity index (χ1) is 9.79. The van der Waals surface area contributed by atoms with Crippen molar-refractivity contribution >= 4 is 11.9 Å². The monoisotopic (exact) mass is 293 g/mol. The molecule has 1 aromatic rings. The van der Waals surface area contributed by atoms with E-state index in [0.29, 0.717) is 0 Å². The molecule has 7 heteroatoms. The number of benzene rings is 1. The van der Waals surface area contributed by atoms with Gasteiger partial charge in [-0.1, -0.05) is 0 Å². The van der Waals surface area contributed by atoms with Crippen LogP contribution in [-0.4, -0.2) is 23.4 Å². The van der Waals surface area contributed by atoms with Gasteiger partial charge in [0.05, 0.1) is 12.0 Å². The Hall–Kier alpha value is -2.49. The minimum Gasteiger partial charge on any atom is -0.319 e. The molecule has 2 atom stereocenters. The highest BCUT2D eigenvalue weighted by Crippen LogP contribution is 2.31. The van der Waals surface area contributed by atoms with Crippen LogP contribution in [-0.2, 0) is 10.3 Å². The largest absolute Gasteiger partial charge is 0.325 e. The Balaban J connectivity index is 2.41. The van der Waals surface area contributed by atoms with E-state index in [9.17, 15) is 18.4 Å². The van der Waals surface area contributed by atoms with E-state index >= 15 is 0 Å². The van der Waals surface area contributed by atoms with Gasteiger partial charge in [-0.25, -0.2) is 13.6 Å². The summed E-state index contributed by atoms with van der Waals surface area (Å²) in [5.41, 5.74) is -1.92. The first kappa shape index (κ1) is 14.9. The maximum absolute atomic E-state index is 13.9. The second-order valence-corrected chi connectivity index (χ2v) is 5.13. The van der Waals surface area contributed by atoms with Gasteiger partial charge in [0.2, 0.25) is 0 Å². The van der Waals surface area contributed by atoms with Crippen molar-refractivity contribution in [2.75, 3.05) is 6.54 Å². The second kappa shape index (κ2) is 5.13. The molecule has 0 saturated carbocycles. The average Bonchev–Trinajstić information content (AvgIpc) is 2.65. The highest BCUT2D eigenvalue weighted by atomic mass is 19.1. The average molecular weight is 293 g/mol. The molecule has 0 aromatic heterocycles. The zero-order valence-electron chi connectivity index (χ0n) is 11.5. The molecule has 0 radical (unpaired) electrons. The number of urea groups is 1. The third-order valence-electron chi connectivity index (χ3n) is 3.42. The van der Waals surface area contributed by atoms with Gasteiger partial charge >= 0.3 is 6.03 Å². The van der Waals surface area contributed by atoms with Gasteiger partial charge in [0, 0.05) is 12.1 Å². The summed E-state index contributed by atoms with van der Waals surface area (Å²) in [5, 5.41) is 11.1. The molecule has 1 heterocycles. The van der Waals surface area contributed by atoms with Crippen molar-refractivity contribution in [1.82, 2.24) is 10.2 Å². The molecule has 1 aliphatic heterocycles. The molecule has 3 amide bonds. The van der Waals surface area contributed by atoms with Crippen molar-refractivity contribution in [2.45, 2.75) is 19.4 Å². The molecule has 2 rings (SSSR count). The highest BCUT2D eigenvalue weighted by Gasteiger charge is 2.50. The van der Waals surface area contributed by atoms with Gasteiger partial charge in [-0.3, -0.25) is 9.69 Å². The summed E-state index contributed by atoms with van der Waals surface area (Å²) in [4.78, 5) is 25.1. The van der Waals surface area contributed by atoms with Crippen LogP contribution in [0.25, 0.3) is 0 Å². The molecule has 1 saturated heterocycles. The molecular formula is C14H13F2N3O2. The number of amides is 3. The number of imide groups is 1. The fourth-order valence-electron chi connectivity index (χ4n) is 2.24. The normalized spacial score (nSPS) is 22.9. The Labute approximate surface area is 120 Å². The number of carbonyl (C=O) groups is 2. The summed E-state index contributed by atoms with van der Waals surface area (Å²) in [5.74, 6) is -2.76. The van der Waals surface area contributed by atoms with Crippen LogP contribution in [0.3, 0.4) is 0 Å². The molecular weight excluding hydrogens is 280 g/mol. The summed E-state index contributed by atoms with van der Waals surface area (Å²) in [6, 6.07) is 3.89. The Morgan fingerprint density at radius 2 is 2.10 bits per heavy atom. The third kappa shape index (κ3) is 2.44. The van der Waals surface area contributed by atoms with Crippen molar-refractivity contribution in [2.24, 2.45) is 5.92 Å². The molecule has 0 aliphatic carbocycles. The molecule has 21 heavy (non-hydrogen) atoms. The molecule has 1 fully saturated rings. The number of carbonyl (C=O) groups excluding carboxylic acids is 2. The zero-order valence-corrected chi connectivity index (χ0v) is 11.5. The smallest absolute Gasteiger partial charge is 0.319 e. The Morgan fingerprint density at radius 1 is 1.43 bits per heavy atom. The van der Waals surface area contributed by atoms with Gasteiger partial charge in [-0.2, -0.15) is 5.26 Å². The van der Waals surface area contributed by atoms with Crippen molar-refractivity contribution in [3.05, 3.63) is 35.4 Å². The van der Waals surface area contributed by atoms with E-state index in [1.54, 1.807) is 6.92 Å². The topological polar surface area (TPSA) is 73.2 Å². The summed E-state index contributed by atoms with van der Waals surface area (Å²) in [6.07, 6.45) is 0. The van der Waals surface area contributed by atoms with Gasteiger partial charge in [0.25, 0.3) is 5.91 Å². The zero-order chi connectivity index (χ0) is 15.8. The predicted octanol–water partition coefficient (Wildman–Crippen LogP) is 1.89. The van der Waals surface area contributed by atoms with Crippen molar-refractivity contribution in [3.8, 4) is 6.07 Å². The number of nitrogens with zero attached hydrogens (tertiary/aromatic N) is 2. The Morgan fingerprint density at radius 3 is 2.71 bits per heavy atom. The molecule has 1 aromatic carbocycles. The van der Waals surface area contributed by atoms with Gasteiger partial charge in [-0.05, 0) is 32.0 Å². The minimum absolute atomic E-state index is 0.103. The van der Waals surface area contributed by atoms with Crippen LogP contribution < -0.4 is 5.32 Å². The molecule has 0 unspecified atom stereocenters. The maximum Gasteiger partial charge on any atom is 0.325 e. The summed E-state index contributed by atoms with van der Waals surface area (Å²) >= 11 is 0. The van der Waals surface area contributed by atoms with Crippen LogP contribution in [0.4, 0.5) is 13.6 Å². The van der Waals surface area contributed by atoms with Crippen molar-refractivity contribution < 1.29 is 18.4 Å². The standard InChI is InChI=1S/C14H13F2N3O2/c1-8(6-17)7-19-12(20)14(2,18-13(19)21)10-5-9(15)3-4-11(10)16/h3-5,8H,7H2,1-2H3,(H,18,21)/t8-,14-/m0/s1. The van der Waals surface area contributed by atoms with E-state index in [1.807, 2.05) is 6.07 Å². The maximum atomic E-state index is 13.9. The SMILES string of the molecule is C[C@@H](C#N)CN1C(=O)N[C@@](C)(c2cc(F)ccc2F)C1=O. The lowest BCUT2D eigenvalue weighted by Crippen LogP contribution is -2.42. The predicted molar refractivity (Wildman–Crippen MR) is 68.7 cm³/mol. The number of hydrogen-bond donors (Lipinski definition) is 1. The van der Waals surface area contributed by atoms with Crippen LogP contribution in [0, 0.1) is 28.9 Å². The fraction of sp³-hybridized carbons (Fsp3) is 0.357. The third-order valence-corrected chi connectivity index (χ3v) is 3.42. The lowest BCUT2D eigenvalue weighted by Gasteiger charge is -2.23. The second-order valence-electron chi connectivity index (χ2n) is 5.13. The number of halogens is 2. The number of nitrogens with one attached hydrogen (secondary N) is 1. The number of hydrogen-bond acceptors (Lipinski definition) is 3. The highest BCUT2D eigenvalue weighted by molar-refractivity contribution is 6.07. The van der Waals surface area contributed by atoms with Gasteiger partial charge in [0.15, 0.2) is 0 Å². The Bertz CT molecular complexity index is 656. The lowest BCUT2D eigenvalue weighted by atomic mass is 9.91. The van der Waals surface area contributed by atoms with E-state index in [2.05, 4.69) is 5.32 Å². The Kier molecular flexibility index (Phi) is 3.64. The van der Waals surface area contributed by atoms with Gasteiger partial charge in [0.1, 0.15) is 17.2 Å². The fourth-order valence-corrected chi connectivity index (χ4v) is 2.24. The van der Waals surface area contributed by atoms with E-state index in [-0.39, 0.29) is 12.1 Å². The van der Waals surface area contributed by atoms with Crippen molar-refractivity contribution in [3.63, 3.8) is 0 Å². The van der Waals surface area contributed by atoms with Crippen LogP contribution >= 0.6 is 0 Å². The van der Waals surface area contributed by atoms with E-state index < -0.39 is 35.0 Å². The van der Waals surface area contributed by atoms with E-state index in [1.165, 1.54) is 6.92 Å². The minimum atomic E-state index is -1.68. The van der Waals surface area contributed by atoms with Crippen LogP contribution in [0.5, 0.6) is 0 Å². The lowest BCUT2D eigenvalue weighted by molar-refractivity contribution is -0.131. The quantitative estimate of drug-likeness (QED) is 0.865. The first-order valence-corrected chi connectivity index (χ1v) is 6.29. The first-order valence-electron chi connectivity index (χ1n) is 6.29. The summed E-state index contributed by atoms with van der Waals surface area (Å²) < 4.78 is 27.2. The molecule has 0 bridgehead atoms. The summed E-state index contributed by atoms with van der Waals surface area (Å²) in [7, 11) is 0. The van der Waals surface area contributed by atoms with Crippen LogP contribution in [0.15, 0.2) is 18.2 Å². The molecule has 110 valence electrons. The molecule has 0 spiro atoms. The van der Waals surface area contributed by atoms with E-state index in [4.69, 9.17) is 5.26 Å². The van der Waals surface area contributed by atoms with Gasteiger partial charge in [-0.15, -0.1) is 0 Å². The number of rotatable bonds is 3. The van der Waals surface area contributed by atoms with E-state index in [0.717, 1.165) is 23.1 Å².